The summed E-state index contributed by atoms with van der Waals surface area (Å²) in [6.07, 6.45) is 0. The van der Waals surface area contributed by atoms with Crippen molar-refractivity contribution >= 4 is 5.91 Å². The first-order valence-electron chi connectivity index (χ1n) is 6.38. The quantitative estimate of drug-likeness (QED) is 0.739. The fourth-order valence-corrected chi connectivity index (χ4v) is 1.62. The minimum atomic E-state index is -0.483. The summed E-state index contributed by atoms with van der Waals surface area (Å²) in [5.41, 5.74) is 0.568. The lowest BCUT2D eigenvalue weighted by molar-refractivity contribution is -0.120. The van der Waals surface area contributed by atoms with E-state index in [1.165, 1.54) is 12.1 Å². The first kappa shape index (κ1) is 15.4. The largest absolute Gasteiger partial charge is 0.508 e. The first-order chi connectivity index (χ1) is 8.90. The summed E-state index contributed by atoms with van der Waals surface area (Å²) >= 11 is 0. The van der Waals surface area contributed by atoms with Crippen LogP contribution >= 0.6 is 0 Å². The van der Waals surface area contributed by atoms with Gasteiger partial charge in [-0.3, -0.25) is 4.79 Å². The van der Waals surface area contributed by atoms with E-state index < -0.39 is 5.82 Å². The standard InChI is InChI=1S/C14H21FN2O2/c1-9(2)7-17-14(19)8-16-10(3)12-5-4-11(15)6-13(12)18/h4-6,9-10,16,18H,7-8H2,1-3H3,(H,17,19). The summed E-state index contributed by atoms with van der Waals surface area (Å²) in [4.78, 5) is 11.5. The average molecular weight is 268 g/mol. The second-order valence-electron chi connectivity index (χ2n) is 5.00. The number of amides is 1. The van der Waals surface area contributed by atoms with Crippen LogP contribution < -0.4 is 10.6 Å². The molecule has 1 aromatic carbocycles. The van der Waals surface area contributed by atoms with Crippen molar-refractivity contribution in [3.63, 3.8) is 0 Å². The number of nitrogens with one attached hydrogen (secondary N) is 2. The van der Waals surface area contributed by atoms with Gasteiger partial charge >= 0.3 is 0 Å². The third-order valence-electron chi connectivity index (χ3n) is 2.74. The Balaban J connectivity index is 2.46. The summed E-state index contributed by atoms with van der Waals surface area (Å²) in [6, 6.07) is 3.62. The van der Waals surface area contributed by atoms with Crippen LogP contribution in [0.15, 0.2) is 18.2 Å². The molecule has 1 rings (SSSR count). The maximum atomic E-state index is 12.9. The molecule has 5 heteroatoms. The second kappa shape index (κ2) is 7.09. The highest BCUT2D eigenvalue weighted by Crippen LogP contribution is 2.24. The molecule has 0 aliphatic rings. The van der Waals surface area contributed by atoms with Gasteiger partial charge in [-0.15, -0.1) is 0 Å². The molecule has 0 heterocycles. The lowest BCUT2D eigenvalue weighted by atomic mass is 10.1. The van der Waals surface area contributed by atoms with Crippen LogP contribution in [0.1, 0.15) is 32.4 Å². The SMILES string of the molecule is CC(C)CNC(=O)CNC(C)c1ccc(F)cc1O. The highest BCUT2D eigenvalue weighted by Gasteiger charge is 2.12. The predicted octanol–water partition coefficient (Wildman–Crippen LogP) is 1.95. The zero-order valence-corrected chi connectivity index (χ0v) is 11.5. The van der Waals surface area contributed by atoms with Crippen LogP contribution in [0, 0.1) is 11.7 Å². The van der Waals surface area contributed by atoms with Gasteiger partial charge in [-0.2, -0.15) is 0 Å². The van der Waals surface area contributed by atoms with E-state index in [9.17, 15) is 14.3 Å². The number of hydrogen-bond donors (Lipinski definition) is 3. The molecule has 3 N–H and O–H groups in total. The average Bonchev–Trinajstić information content (AvgIpc) is 2.33. The Kier molecular flexibility index (Phi) is 5.76. The van der Waals surface area contributed by atoms with Crippen molar-refractivity contribution in [1.82, 2.24) is 10.6 Å². The topological polar surface area (TPSA) is 61.4 Å². The zero-order valence-electron chi connectivity index (χ0n) is 11.5. The van der Waals surface area contributed by atoms with Gasteiger partial charge in [0.25, 0.3) is 0 Å². The summed E-state index contributed by atoms with van der Waals surface area (Å²) in [5.74, 6) is -0.282. The van der Waals surface area contributed by atoms with Crippen LogP contribution in [0.2, 0.25) is 0 Å². The fourth-order valence-electron chi connectivity index (χ4n) is 1.62. The van der Waals surface area contributed by atoms with E-state index in [1.807, 2.05) is 20.8 Å². The molecule has 0 spiro atoms. The summed E-state index contributed by atoms with van der Waals surface area (Å²) in [6.45, 7) is 6.64. The molecular weight excluding hydrogens is 247 g/mol. The summed E-state index contributed by atoms with van der Waals surface area (Å²) in [5, 5.41) is 15.4. The highest BCUT2D eigenvalue weighted by atomic mass is 19.1. The van der Waals surface area contributed by atoms with Crippen LogP contribution in [0.4, 0.5) is 4.39 Å². The third kappa shape index (κ3) is 5.26. The molecule has 0 saturated heterocycles. The number of carbonyl (C=O) groups excluding carboxylic acids is 1. The zero-order chi connectivity index (χ0) is 14.4. The molecule has 4 nitrogen and oxygen atoms in total. The van der Waals surface area contributed by atoms with Crippen LogP contribution in [-0.2, 0) is 4.79 Å². The molecule has 0 fully saturated rings. The van der Waals surface area contributed by atoms with Crippen LogP contribution in [0.25, 0.3) is 0 Å². The van der Waals surface area contributed by atoms with E-state index in [0.717, 1.165) is 6.07 Å². The Hall–Kier alpha value is -1.62. The molecule has 0 aliphatic heterocycles. The molecule has 0 bridgehead atoms. The van der Waals surface area contributed by atoms with Crippen molar-refractivity contribution in [2.45, 2.75) is 26.8 Å². The Morgan fingerprint density at radius 3 is 2.63 bits per heavy atom. The molecule has 0 aliphatic carbocycles. The van der Waals surface area contributed by atoms with E-state index in [-0.39, 0.29) is 24.2 Å². The molecule has 106 valence electrons. The number of rotatable bonds is 6. The molecule has 1 unspecified atom stereocenters. The maximum absolute atomic E-state index is 12.9. The van der Waals surface area contributed by atoms with Gasteiger partial charge < -0.3 is 15.7 Å². The van der Waals surface area contributed by atoms with Gasteiger partial charge in [0.05, 0.1) is 6.54 Å². The Bertz CT molecular complexity index is 435. The molecule has 1 aromatic rings. The highest BCUT2D eigenvalue weighted by molar-refractivity contribution is 5.78. The normalized spacial score (nSPS) is 12.5. The van der Waals surface area contributed by atoms with Gasteiger partial charge in [0, 0.05) is 24.2 Å². The monoisotopic (exact) mass is 268 g/mol. The fraction of sp³-hybridized carbons (Fsp3) is 0.500. The smallest absolute Gasteiger partial charge is 0.233 e. The van der Waals surface area contributed by atoms with Gasteiger partial charge in [0.15, 0.2) is 0 Å². The molecule has 0 saturated carbocycles. The number of phenolic OH excluding ortho intramolecular Hbond substituents is 1. The van der Waals surface area contributed by atoms with Gasteiger partial charge in [-0.25, -0.2) is 4.39 Å². The molecular formula is C14H21FN2O2. The third-order valence-corrected chi connectivity index (χ3v) is 2.74. The van der Waals surface area contributed by atoms with Gasteiger partial charge in [0.2, 0.25) is 5.91 Å². The van der Waals surface area contributed by atoms with Crippen molar-refractivity contribution in [2.75, 3.05) is 13.1 Å². The van der Waals surface area contributed by atoms with Crippen molar-refractivity contribution in [2.24, 2.45) is 5.92 Å². The molecule has 1 amide bonds. The van der Waals surface area contributed by atoms with Crippen LogP contribution in [0.5, 0.6) is 5.75 Å². The lowest BCUT2D eigenvalue weighted by Crippen LogP contribution is -2.36. The number of carbonyl (C=O) groups is 1. The Labute approximate surface area is 113 Å². The summed E-state index contributed by atoms with van der Waals surface area (Å²) in [7, 11) is 0. The van der Waals surface area contributed by atoms with Gasteiger partial charge in [-0.1, -0.05) is 19.9 Å². The van der Waals surface area contributed by atoms with Crippen molar-refractivity contribution in [3.8, 4) is 5.75 Å². The number of phenols is 1. The Morgan fingerprint density at radius 1 is 1.37 bits per heavy atom. The molecule has 0 radical (unpaired) electrons. The number of benzene rings is 1. The van der Waals surface area contributed by atoms with Gasteiger partial charge in [0.1, 0.15) is 11.6 Å². The van der Waals surface area contributed by atoms with Crippen LogP contribution in [0.3, 0.4) is 0 Å². The lowest BCUT2D eigenvalue weighted by Gasteiger charge is -2.16. The van der Waals surface area contributed by atoms with E-state index in [1.54, 1.807) is 0 Å². The first-order valence-corrected chi connectivity index (χ1v) is 6.38. The van der Waals surface area contributed by atoms with Crippen molar-refractivity contribution in [3.05, 3.63) is 29.6 Å². The summed E-state index contributed by atoms with van der Waals surface area (Å²) < 4.78 is 12.9. The predicted molar refractivity (Wildman–Crippen MR) is 72.3 cm³/mol. The van der Waals surface area contributed by atoms with E-state index in [0.29, 0.717) is 18.0 Å². The van der Waals surface area contributed by atoms with E-state index in [2.05, 4.69) is 10.6 Å². The number of aromatic hydroxyl groups is 1. The van der Waals surface area contributed by atoms with E-state index >= 15 is 0 Å². The number of hydrogen-bond acceptors (Lipinski definition) is 3. The van der Waals surface area contributed by atoms with E-state index in [4.69, 9.17) is 0 Å². The second-order valence-corrected chi connectivity index (χ2v) is 5.00. The molecule has 19 heavy (non-hydrogen) atoms. The maximum Gasteiger partial charge on any atom is 0.233 e. The molecule has 0 aromatic heterocycles. The number of halogens is 1. The molecule has 1 atom stereocenters. The minimum absolute atomic E-state index is 0.0952. The van der Waals surface area contributed by atoms with Crippen molar-refractivity contribution in [1.29, 1.82) is 0 Å². The van der Waals surface area contributed by atoms with Crippen LogP contribution in [-0.4, -0.2) is 24.1 Å². The Morgan fingerprint density at radius 2 is 2.05 bits per heavy atom. The van der Waals surface area contributed by atoms with Gasteiger partial charge in [-0.05, 0) is 18.9 Å². The minimum Gasteiger partial charge on any atom is -0.508 e. The van der Waals surface area contributed by atoms with Crippen molar-refractivity contribution < 1.29 is 14.3 Å².